The van der Waals surface area contributed by atoms with Gasteiger partial charge in [0.2, 0.25) is 5.91 Å². The van der Waals surface area contributed by atoms with E-state index >= 15 is 0 Å². The molecule has 2 atom stereocenters. The molecule has 214 valence electrons. The molecule has 1 aliphatic heterocycles. The fourth-order valence-electron chi connectivity index (χ4n) is 4.64. The Labute approximate surface area is 250 Å². The summed E-state index contributed by atoms with van der Waals surface area (Å²) in [5.41, 5.74) is 1.71. The smallest absolute Gasteiger partial charge is 0.335 e. The lowest BCUT2D eigenvalue weighted by molar-refractivity contribution is -0.118. The monoisotopic (exact) mass is 604 g/mol. The predicted octanol–water partition coefficient (Wildman–Crippen LogP) is 6.16. The van der Waals surface area contributed by atoms with Gasteiger partial charge in [-0.25, -0.2) is 9.59 Å². The molecule has 42 heavy (non-hydrogen) atoms. The molecule has 1 fully saturated rings. The number of carbonyl (C=O) groups excluding carboxylic acids is 1. The van der Waals surface area contributed by atoms with Gasteiger partial charge in [0.05, 0.1) is 33.6 Å². The maximum atomic E-state index is 12.2. The van der Waals surface area contributed by atoms with Crippen molar-refractivity contribution in [3.8, 4) is 11.3 Å². The van der Waals surface area contributed by atoms with Crippen molar-refractivity contribution < 1.29 is 29.0 Å². The number of furan rings is 1. The molecule has 4 aromatic rings. The largest absolute Gasteiger partial charge is 0.478 e. The lowest BCUT2D eigenvalue weighted by Gasteiger charge is -2.26. The van der Waals surface area contributed by atoms with Crippen LogP contribution < -0.4 is 15.5 Å². The van der Waals surface area contributed by atoms with Crippen LogP contribution >= 0.6 is 23.8 Å². The van der Waals surface area contributed by atoms with Crippen molar-refractivity contribution in [1.29, 1.82) is 0 Å². The number of carboxylic acids is 2. The van der Waals surface area contributed by atoms with Crippen LogP contribution in [0.25, 0.3) is 11.3 Å². The summed E-state index contributed by atoms with van der Waals surface area (Å²) in [5.74, 6) is -2.19. The summed E-state index contributed by atoms with van der Waals surface area (Å²) in [6.45, 7) is 3.57. The second-order valence-electron chi connectivity index (χ2n) is 9.92. The Kier molecular flexibility index (Phi) is 7.97. The van der Waals surface area contributed by atoms with Gasteiger partial charge < -0.3 is 30.2 Å². The summed E-state index contributed by atoms with van der Waals surface area (Å²) in [4.78, 5) is 41.9. The summed E-state index contributed by atoms with van der Waals surface area (Å²) in [6, 6.07) is 16.8. The first-order valence-corrected chi connectivity index (χ1v) is 13.6. The molecule has 0 aliphatic carbocycles. The molecule has 2 aromatic heterocycles. The highest BCUT2D eigenvalue weighted by molar-refractivity contribution is 7.80. The highest BCUT2D eigenvalue weighted by atomic mass is 35.5. The molecule has 0 saturated carbocycles. The van der Waals surface area contributed by atoms with Gasteiger partial charge in [-0.05, 0) is 72.9 Å². The molecule has 0 bridgehead atoms. The Morgan fingerprint density at radius 1 is 1.02 bits per heavy atom. The second kappa shape index (κ2) is 11.6. The van der Waals surface area contributed by atoms with Gasteiger partial charge in [-0.15, -0.1) is 0 Å². The lowest BCUT2D eigenvalue weighted by Crippen LogP contribution is -2.29. The number of aromatic carboxylic acids is 2. The zero-order valence-electron chi connectivity index (χ0n) is 22.4. The number of rotatable bonds is 8. The normalized spacial score (nSPS) is 16.4. The van der Waals surface area contributed by atoms with E-state index in [0.717, 1.165) is 6.07 Å². The standard InChI is InChI=1S/C30H25ClN4O6S/c1-15(2)27(36)33-21-7-6-19(14-20(21)31)35-26(25(34-30(35)42)22-5-3-4-10-32-22)24-9-8-23(41-24)16-11-17(28(37)38)13-18(12-16)29(39)40/h3-15,25-26H,1-2H3,(H,33,36)(H,34,42)(H,37,38)(H,39,40)/t25-,26-/m0/s1. The lowest BCUT2D eigenvalue weighted by atomic mass is 10.0. The quantitative estimate of drug-likeness (QED) is 0.172. The van der Waals surface area contributed by atoms with Crippen LogP contribution in [0, 0.1) is 5.92 Å². The van der Waals surface area contributed by atoms with Crippen LogP contribution in [0.3, 0.4) is 0 Å². The number of hydrogen-bond acceptors (Lipinski definition) is 6. The number of carboxylic acid groups (broad SMARTS) is 2. The van der Waals surface area contributed by atoms with E-state index in [0.29, 0.717) is 38.5 Å². The minimum atomic E-state index is -1.26. The number of anilines is 2. The van der Waals surface area contributed by atoms with E-state index in [1.54, 1.807) is 56.4 Å². The fraction of sp³-hybridized carbons (Fsp3) is 0.167. The first-order valence-electron chi connectivity index (χ1n) is 12.9. The zero-order chi connectivity index (χ0) is 30.1. The van der Waals surface area contributed by atoms with Crippen molar-refractivity contribution in [2.75, 3.05) is 10.2 Å². The number of hydrogen-bond donors (Lipinski definition) is 4. The van der Waals surface area contributed by atoms with Gasteiger partial charge in [0, 0.05) is 23.4 Å². The molecule has 3 heterocycles. The van der Waals surface area contributed by atoms with Crippen LogP contribution in [0.5, 0.6) is 0 Å². The number of benzene rings is 2. The van der Waals surface area contributed by atoms with Gasteiger partial charge in [-0.2, -0.15) is 0 Å². The molecule has 0 radical (unpaired) electrons. The van der Waals surface area contributed by atoms with Crippen molar-refractivity contribution in [2.45, 2.75) is 25.9 Å². The average molecular weight is 605 g/mol. The van der Waals surface area contributed by atoms with E-state index < -0.39 is 24.0 Å². The molecule has 12 heteroatoms. The summed E-state index contributed by atoms with van der Waals surface area (Å²) >= 11 is 12.3. The van der Waals surface area contributed by atoms with Crippen LogP contribution in [-0.2, 0) is 4.79 Å². The Balaban J connectivity index is 1.58. The third-order valence-electron chi connectivity index (χ3n) is 6.74. The van der Waals surface area contributed by atoms with E-state index in [1.807, 2.05) is 17.0 Å². The van der Waals surface area contributed by atoms with Crippen molar-refractivity contribution in [2.24, 2.45) is 5.92 Å². The summed E-state index contributed by atoms with van der Waals surface area (Å²) in [5, 5.41) is 25.8. The van der Waals surface area contributed by atoms with Crippen LogP contribution in [-0.4, -0.2) is 38.2 Å². The number of nitrogens with zero attached hydrogens (tertiary/aromatic N) is 2. The van der Waals surface area contributed by atoms with E-state index in [-0.39, 0.29) is 28.7 Å². The fourth-order valence-corrected chi connectivity index (χ4v) is 5.21. The topological polar surface area (TPSA) is 145 Å². The highest BCUT2D eigenvalue weighted by Gasteiger charge is 2.42. The number of carbonyl (C=O) groups is 3. The van der Waals surface area contributed by atoms with Crippen LogP contribution in [0.4, 0.5) is 11.4 Å². The molecule has 10 nitrogen and oxygen atoms in total. The van der Waals surface area contributed by atoms with Gasteiger partial charge in [0.25, 0.3) is 0 Å². The van der Waals surface area contributed by atoms with E-state index in [9.17, 15) is 24.6 Å². The Hall–Kier alpha value is -4.74. The molecular formula is C30H25ClN4O6S. The van der Waals surface area contributed by atoms with Crippen molar-refractivity contribution in [3.05, 3.63) is 101 Å². The molecule has 4 N–H and O–H groups in total. The molecule has 1 saturated heterocycles. The summed E-state index contributed by atoms with van der Waals surface area (Å²) in [7, 11) is 0. The summed E-state index contributed by atoms with van der Waals surface area (Å²) < 4.78 is 6.26. The van der Waals surface area contributed by atoms with Crippen molar-refractivity contribution >= 4 is 58.2 Å². The molecule has 1 aliphatic rings. The SMILES string of the molecule is CC(C)C(=O)Nc1ccc(N2C(=S)N[C@@H](c3ccccn3)[C@@H]2c2ccc(-c3cc(C(=O)O)cc(C(=O)O)c3)o2)cc1Cl. The summed E-state index contributed by atoms with van der Waals surface area (Å²) in [6.07, 6.45) is 1.67. The number of halogens is 1. The minimum Gasteiger partial charge on any atom is -0.478 e. The first kappa shape index (κ1) is 28.8. The second-order valence-corrected chi connectivity index (χ2v) is 10.7. The van der Waals surface area contributed by atoms with Crippen LogP contribution in [0.1, 0.15) is 58.1 Å². The van der Waals surface area contributed by atoms with Crippen LogP contribution in [0.2, 0.25) is 5.02 Å². The number of amides is 1. The van der Waals surface area contributed by atoms with Gasteiger partial charge in [-0.1, -0.05) is 31.5 Å². The van der Waals surface area contributed by atoms with Crippen molar-refractivity contribution in [3.63, 3.8) is 0 Å². The molecule has 1 amide bonds. The minimum absolute atomic E-state index is 0.169. The molecular weight excluding hydrogens is 580 g/mol. The third kappa shape index (κ3) is 5.69. The first-order chi connectivity index (χ1) is 20.0. The number of aromatic nitrogens is 1. The maximum absolute atomic E-state index is 12.2. The van der Waals surface area contributed by atoms with Gasteiger partial charge in [0.15, 0.2) is 5.11 Å². The number of thiocarbonyl (C=S) groups is 1. The van der Waals surface area contributed by atoms with E-state index in [1.165, 1.54) is 12.1 Å². The third-order valence-corrected chi connectivity index (χ3v) is 7.37. The van der Waals surface area contributed by atoms with Gasteiger partial charge in [0.1, 0.15) is 17.6 Å². The van der Waals surface area contributed by atoms with Crippen molar-refractivity contribution in [1.82, 2.24) is 10.3 Å². The number of pyridine rings is 1. The highest BCUT2D eigenvalue weighted by Crippen LogP contribution is 2.44. The van der Waals surface area contributed by atoms with Gasteiger partial charge >= 0.3 is 11.9 Å². The zero-order valence-corrected chi connectivity index (χ0v) is 23.9. The predicted molar refractivity (Wildman–Crippen MR) is 161 cm³/mol. The van der Waals surface area contributed by atoms with E-state index in [2.05, 4.69) is 15.6 Å². The molecule has 0 unspecified atom stereocenters. The van der Waals surface area contributed by atoms with Crippen LogP contribution in [0.15, 0.2) is 77.3 Å². The number of nitrogens with one attached hydrogen (secondary N) is 2. The molecule has 0 spiro atoms. The van der Waals surface area contributed by atoms with E-state index in [4.69, 9.17) is 28.2 Å². The molecule has 5 rings (SSSR count). The average Bonchev–Trinajstić information content (AvgIpc) is 3.59. The Morgan fingerprint density at radius 3 is 2.33 bits per heavy atom. The maximum Gasteiger partial charge on any atom is 0.335 e. The Morgan fingerprint density at radius 2 is 1.74 bits per heavy atom. The Bertz CT molecular complexity index is 1670. The molecule has 2 aromatic carbocycles. The van der Waals surface area contributed by atoms with Gasteiger partial charge in [-0.3, -0.25) is 9.78 Å².